The molecule has 0 aliphatic rings. The second-order valence-corrected chi connectivity index (χ2v) is 4.67. The van der Waals surface area contributed by atoms with Gasteiger partial charge in [0.15, 0.2) is 11.7 Å². The molecule has 2 N–H and O–H groups in total. The SMILES string of the molecule is CCCNC(=S)Nc1cc(OCC(F)(F)F)cc([N+](=O)[O-])c1. The number of hydrogen-bond acceptors (Lipinski definition) is 4. The van der Waals surface area contributed by atoms with E-state index >= 15 is 0 Å². The van der Waals surface area contributed by atoms with Crippen molar-refractivity contribution >= 4 is 28.7 Å². The van der Waals surface area contributed by atoms with Gasteiger partial charge in [-0.2, -0.15) is 13.2 Å². The second-order valence-electron chi connectivity index (χ2n) is 4.26. The molecule has 22 heavy (non-hydrogen) atoms. The fourth-order valence-corrected chi connectivity index (χ4v) is 1.64. The summed E-state index contributed by atoms with van der Waals surface area (Å²) < 4.78 is 41.0. The summed E-state index contributed by atoms with van der Waals surface area (Å²) in [5, 5.41) is 16.5. The number of rotatable bonds is 6. The van der Waals surface area contributed by atoms with Crippen molar-refractivity contribution in [2.45, 2.75) is 19.5 Å². The van der Waals surface area contributed by atoms with Crippen molar-refractivity contribution < 1.29 is 22.8 Å². The van der Waals surface area contributed by atoms with Crippen LogP contribution in [0.2, 0.25) is 0 Å². The standard InChI is InChI=1S/C12H14F3N3O3S/c1-2-3-16-11(22)17-8-4-9(18(19)20)6-10(5-8)21-7-12(13,14)15/h4-6H,2-3,7H2,1H3,(H2,16,17,22). The van der Waals surface area contributed by atoms with E-state index in [1.807, 2.05) is 6.92 Å². The third-order valence-electron chi connectivity index (χ3n) is 2.30. The maximum atomic E-state index is 12.1. The molecule has 0 unspecified atom stereocenters. The van der Waals surface area contributed by atoms with Crippen molar-refractivity contribution in [3.05, 3.63) is 28.3 Å². The molecule has 0 saturated carbocycles. The second kappa shape index (κ2) is 7.78. The zero-order valence-electron chi connectivity index (χ0n) is 11.6. The van der Waals surface area contributed by atoms with Gasteiger partial charge in [0.1, 0.15) is 5.75 Å². The van der Waals surface area contributed by atoms with Crippen molar-refractivity contribution in [3.8, 4) is 5.75 Å². The van der Waals surface area contributed by atoms with Crippen LogP contribution < -0.4 is 15.4 Å². The molecule has 0 fully saturated rings. The normalized spacial score (nSPS) is 10.9. The number of nitro groups is 1. The fourth-order valence-electron chi connectivity index (χ4n) is 1.42. The molecule has 1 aromatic carbocycles. The van der Waals surface area contributed by atoms with Crippen LogP contribution in [0.15, 0.2) is 18.2 Å². The highest BCUT2D eigenvalue weighted by atomic mass is 32.1. The smallest absolute Gasteiger partial charge is 0.422 e. The van der Waals surface area contributed by atoms with Gasteiger partial charge in [0, 0.05) is 18.7 Å². The largest absolute Gasteiger partial charge is 0.484 e. The van der Waals surface area contributed by atoms with E-state index in [9.17, 15) is 23.3 Å². The number of nitro benzene ring substituents is 1. The van der Waals surface area contributed by atoms with E-state index < -0.39 is 23.4 Å². The monoisotopic (exact) mass is 337 g/mol. The molecule has 122 valence electrons. The van der Waals surface area contributed by atoms with E-state index in [0.717, 1.165) is 18.6 Å². The van der Waals surface area contributed by atoms with Gasteiger partial charge in [-0.15, -0.1) is 0 Å². The van der Waals surface area contributed by atoms with Gasteiger partial charge in [-0.25, -0.2) is 0 Å². The average molecular weight is 337 g/mol. The Morgan fingerprint density at radius 2 is 2.09 bits per heavy atom. The number of alkyl halides is 3. The van der Waals surface area contributed by atoms with E-state index in [0.29, 0.717) is 6.54 Å². The Balaban J connectivity index is 2.89. The van der Waals surface area contributed by atoms with Crippen LogP contribution in [0.5, 0.6) is 5.75 Å². The number of nitrogens with one attached hydrogen (secondary N) is 2. The van der Waals surface area contributed by atoms with Gasteiger partial charge in [0.2, 0.25) is 0 Å². The first kappa shape index (κ1) is 18.0. The summed E-state index contributed by atoms with van der Waals surface area (Å²) in [6.45, 7) is 0.983. The zero-order chi connectivity index (χ0) is 16.8. The van der Waals surface area contributed by atoms with Crippen LogP contribution in [0.4, 0.5) is 24.5 Å². The average Bonchev–Trinajstić information content (AvgIpc) is 2.42. The third kappa shape index (κ3) is 6.57. The van der Waals surface area contributed by atoms with Crippen molar-refractivity contribution in [2.24, 2.45) is 0 Å². The predicted molar refractivity (Wildman–Crippen MR) is 79.2 cm³/mol. The molecule has 1 aromatic rings. The molecule has 10 heteroatoms. The van der Waals surface area contributed by atoms with Crippen LogP contribution in [-0.4, -0.2) is 29.4 Å². The molecule has 0 bridgehead atoms. The summed E-state index contributed by atoms with van der Waals surface area (Å²) in [5.74, 6) is -0.271. The topological polar surface area (TPSA) is 76.4 Å². The van der Waals surface area contributed by atoms with E-state index in [1.54, 1.807) is 0 Å². The number of thiocarbonyl (C=S) groups is 1. The highest BCUT2D eigenvalue weighted by molar-refractivity contribution is 7.80. The Labute approximate surface area is 129 Å². The van der Waals surface area contributed by atoms with Crippen molar-refractivity contribution in [3.63, 3.8) is 0 Å². The lowest BCUT2D eigenvalue weighted by molar-refractivity contribution is -0.384. The van der Waals surface area contributed by atoms with E-state index in [-0.39, 0.29) is 16.5 Å². The van der Waals surface area contributed by atoms with Gasteiger partial charge in [-0.1, -0.05) is 6.92 Å². The molecule has 0 saturated heterocycles. The number of nitrogens with zero attached hydrogens (tertiary/aromatic N) is 1. The molecule has 0 amide bonds. The Morgan fingerprint density at radius 3 is 2.64 bits per heavy atom. The highest BCUT2D eigenvalue weighted by Gasteiger charge is 2.28. The molecule has 0 aliphatic heterocycles. The van der Waals surface area contributed by atoms with Crippen molar-refractivity contribution in [1.29, 1.82) is 0 Å². The number of non-ortho nitro benzene ring substituents is 1. The maximum absolute atomic E-state index is 12.1. The van der Waals surface area contributed by atoms with Crippen molar-refractivity contribution in [2.75, 3.05) is 18.5 Å². The Hall–Kier alpha value is -2.10. The van der Waals surface area contributed by atoms with E-state index in [4.69, 9.17) is 12.2 Å². The third-order valence-corrected chi connectivity index (χ3v) is 2.54. The maximum Gasteiger partial charge on any atom is 0.422 e. The van der Waals surface area contributed by atoms with Crippen LogP contribution >= 0.6 is 12.2 Å². The van der Waals surface area contributed by atoms with Crippen molar-refractivity contribution in [1.82, 2.24) is 5.32 Å². The van der Waals surface area contributed by atoms with Gasteiger partial charge < -0.3 is 15.4 Å². The lowest BCUT2D eigenvalue weighted by Crippen LogP contribution is -2.28. The van der Waals surface area contributed by atoms with E-state index in [1.165, 1.54) is 6.07 Å². The molecule has 0 spiro atoms. The summed E-state index contributed by atoms with van der Waals surface area (Å²) >= 11 is 4.96. The number of halogens is 3. The number of ether oxygens (including phenoxy) is 1. The van der Waals surface area contributed by atoms with Crippen LogP contribution in [0.3, 0.4) is 0 Å². The van der Waals surface area contributed by atoms with E-state index in [2.05, 4.69) is 15.4 Å². The zero-order valence-corrected chi connectivity index (χ0v) is 12.4. The minimum atomic E-state index is -4.53. The van der Waals surface area contributed by atoms with Gasteiger partial charge in [-0.05, 0) is 18.6 Å². The minimum Gasteiger partial charge on any atom is -0.484 e. The first-order valence-electron chi connectivity index (χ1n) is 6.25. The first-order chi connectivity index (χ1) is 10.2. The number of hydrogen-bond donors (Lipinski definition) is 2. The molecular formula is C12H14F3N3O3S. The van der Waals surface area contributed by atoms with Gasteiger partial charge in [0.25, 0.3) is 5.69 Å². The summed E-state index contributed by atoms with van der Waals surface area (Å²) in [4.78, 5) is 10.1. The van der Waals surface area contributed by atoms with Gasteiger partial charge in [0.05, 0.1) is 16.7 Å². The Kier molecular flexibility index (Phi) is 6.35. The highest BCUT2D eigenvalue weighted by Crippen LogP contribution is 2.27. The number of anilines is 1. The van der Waals surface area contributed by atoms with Gasteiger partial charge in [-0.3, -0.25) is 10.1 Å². The molecule has 0 radical (unpaired) electrons. The van der Waals surface area contributed by atoms with Crippen LogP contribution in [-0.2, 0) is 0 Å². The fraction of sp³-hybridized carbons (Fsp3) is 0.417. The lowest BCUT2D eigenvalue weighted by atomic mass is 10.2. The predicted octanol–water partition coefficient (Wildman–Crippen LogP) is 3.23. The molecule has 6 nitrogen and oxygen atoms in total. The van der Waals surface area contributed by atoms with Crippen LogP contribution in [0, 0.1) is 10.1 Å². The molecule has 0 aromatic heterocycles. The Bertz CT molecular complexity index is 552. The summed E-state index contributed by atoms with van der Waals surface area (Å²) in [6.07, 6.45) is -3.72. The quantitative estimate of drug-likeness (QED) is 0.471. The summed E-state index contributed by atoms with van der Waals surface area (Å²) in [6, 6.07) is 3.28. The molecule has 0 aliphatic carbocycles. The minimum absolute atomic E-state index is 0.167. The van der Waals surface area contributed by atoms with Gasteiger partial charge >= 0.3 is 6.18 Å². The molecular weight excluding hydrogens is 323 g/mol. The Morgan fingerprint density at radius 1 is 1.41 bits per heavy atom. The molecule has 0 atom stereocenters. The number of benzene rings is 1. The molecule has 0 heterocycles. The van der Waals surface area contributed by atoms with Crippen LogP contribution in [0.25, 0.3) is 0 Å². The summed E-state index contributed by atoms with van der Waals surface area (Å²) in [5.41, 5.74) is -0.236. The first-order valence-corrected chi connectivity index (χ1v) is 6.66. The molecule has 1 rings (SSSR count). The summed E-state index contributed by atoms with van der Waals surface area (Å²) in [7, 11) is 0. The van der Waals surface area contributed by atoms with Crippen LogP contribution in [0.1, 0.15) is 13.3 Å². The lowest BCUT2D eigenvalue weighted by Gasteiger charge is -2.12.